The molecule has 0 spiro atoms. The SMILES string of the molecule is O=C(CNc1ccc(Br)cc1F)NCc1ccc(Cl)cc1. The fourth-order valence-corrected chi connectivity index (χ4v) is 2.13. The molecule has 0 fully saturated rings. The number of carbonyl (C=O) groups excluding carboxylic acids is 1. The average Bonchev–Trinajstić information content (AvgIpc) is 2.46. The Hall–Kier alpha value is -1.59. The molecular weight excluding hydrogens is 359 g/mol. The van der Waals surface area contributed by atoms with Gasteiger partial charge < -0.3 is 10.6 Å². The van der Waals surface area contributed by atoms with Crippen molar-refractivity contribution in [3.63, 3.8) is 0 Å². The van der Waals surface area contributed by atoms with Gasteiger partial charge >= 0.3 is 0 Å². The summed E-state index contributed by atoms with van der Waals surface area (Å²) in [5.74, 6) is -0.623. The molecule has 1 amide bonds. The highest BCUT2D eigenvalue weighted by Crippen LogP contribution is 2.18. The molecule has 21 heavy (non-hydrogen) atoms. The van der Waals surface area contributed by atoms with Crippen molar-refractivity contribution in [2.24, 2.45) is 0 Å². The number of rotatable bonds is 5. The Kier molecular flexibility index (Phi) is 5.59. The Balaban J connectivity index is 1.80. The van der Waals surface area contributed by atoms with Crippen LogP contribution >= 0.6 is 27.5 Å². The molecule has 2 aromatic rings. The van der Waals surface area contributed by atoms with Gasteiger partial charge in [0.1, 0.15) is 5.82 Å². The van der Waals surface area contributed by atoms with Crippen molar-refractivity contribution in [2.45, 2.75) is 6.54 Å². The van der Waals surface area contributed by atoms with Crippen LogP contribution in [0.1, 0.15) is 5.56 Å². The van der Waals surface area contributed by atoms with E-state index >= 15 is 0 Å². The van der Waals surface area contributed by atoms with Crippen molar-refractivity contribution in [3.8, 4) is 0 Å². The Morgan fingerprint density at radius 2 is 1.90 bits per heavy atom. The van der Waals surface area contributed by atoms with Crippen LogP contribution in [0.15, 0.2) is 46.9 Å². The number of amides is 1. The zero-order valence-corrected chi connectivity index (χ0v) is 13.3. The van der Waals surface area contributed by atoms with Gasteiger partial charge in [0.25, 0.3) is 0 Å². The standard InChI is InChI=1S/C15H13BrClFN2O/c16-11-3-6-14(13(18)7-11)19-9-15(21)20-8-10-1-4-12(17)5-2-10/h1-7,19H,8-9H2,(H,20,21). The summed E-state index contributed by atoms with van der Waals surface area (Å²) in [6.07, 6.45) is 0. The number of benzene rings is 2. The highest BCUT2D eigenvalue weighted by Gasteiger charge is 2.05. The van der Waals surface area contributed by atoms with Crippen molar-refractivity contribution < 1.29 is 9.18 Å². The summed E-state index contributed by atoms with van der Waals surface area (Å²) in [6.45, 7) is 0.409. The Morgan fingerprint density at radius 1 is 1.19 bits per heavy atom. The molecule has 2 rings (SSSR count). The average molecular weight is 372 g/mol. The van der Waals surface area contributed by atoms with E-state index in [-0.39, 0.29) is 12.5 Å². The minimum Gasteiger partial charge on any atom is -0.374 e. The third-order valence-corrected chi connectivity index (χ3v) is 3.52. The van der Waals surface area contributed by atoms with Crippen molar-refractivity contribution >= 4 is 39.1 Å². The van der Waals surface area contributed by atoms with Crippen molar-refractivity contribution in [2.75, 3.05) is 11.9 Å². The van der Waals surface area contributed by atoms with Crippen LogP contribution in [0.3, 0.4) is 0 Å². The highest BCUT2D eigenvalue weighted by molar-refractivity contribution is 9.10. The van der Waals surface area contributed by atoms with Crippen LogP contribution in [-0.2, 0) is 11.3 Å². The van der Waals surface area contributed by atoms with Crippen LogP contribution in [0.4, 0.5) is 10.1 Å². The summed E-state index contributed by atoms with van der Waals surface area (Å²) < 4.78 is 14.2. The van der Waals surface area contributed by atoms with Crippen LogP contribution in [0.2, 0.25) is 5.02 Å². The molecule has 0 saturated heterocycles. The number of hydrogen-bond donors (Lipinski definition) is 2. The molecular formula is C15H13BrClFN2O. The first-order valence-corrected chi connectivity index (χ1v) is 7.42. The van der Waals surface area contributed by atoms with Crippen LogP contribution in [0, 0.1) is 5.82 Å². The largest absolute Gasteiger partial charge is 0.374 e. The molecule has 0 aromatic heterocycles. The minimum atomic E-state index is -0.408. The lowest BCUT2D eigenvalue weighted by Gasteiger charge is -2.09. The molecule has 2 N–H and O–H groups in total. The zero-order valence-electron chi connectivity index (χ0n) is 11.0. The maximum absolute atomic E-state index is 13.6. The van der Waals surface area contributed by atoms with E-state index in [0.29, 0.717) is 21.7 Å². The Labute approximate surface area is 135 Å². The summed E-state index contributed by atoms with van der Waals surface area (Å²) in [5.41, 5.74) is 1.24. The van der Waals surface area contributed by atoms with E-state index in [4.69, 9.17) is 11.6 Å². The molecule has 2 aromatic carbocycles. The second-order valence-electron chi connectivity index (χ2n) is 4.38. The van der Waals surface area contributed by atoms with E-state index in [0.717, 1.165) is 5.56 Å². The van der Waals surface area contributed by atoms with E-state index in [2.05, 4.69) is 26.6 Å². The Morgan fingerprint density at radius 3 is 2.57 bits per heavy atom. The molecule has 0 saturated carbocycles. The van der Waals surface area contributed by atoms with E-state index in [1.165, 1.54) is 6.07 Å². The molecule has 6 heteroatoms. The van der Waals surface area contributed by atoms with E-state index in [9.17, 15) is 9.18 Å². The molecule has 0 unspecified atom stereocenters. The lowest BCUT2D eigenvalue weighted by atomic mass is 10.2. The monoisotopic (exact) mass is 370 g/mol. The maximum Gasteiger partial charge on any atom is 0.239 e. The molecule has 110 valence electrons. The smallest absolute Gasteiger partial charge is 0.239 e. The summed E-state index contributed by atoms with van der Waals surface area (Å²) in [4.78, 5) is 11.7. The highest BCUT2D eigenvalue weighted by atomic mass is 79.9. The molecule has 0 radical (unpaired) electrons. The first-order valence-electron chi connectivity index (χ1n) is 6.24. The third-order valence-electron chi connectivity index (χ3n) is 2.77. The van der Waals surface area contributed by atoms with Crippen LogP contribution < -0.4 is 10.6 Å². The number of halogens is 3. The van der Waals surface area contributed by atoms with Crippen molar-refractivity contribution in [1.29, 1.82) is 0 Å². The number of hydrogen-bond acceptors (Lipinski definition) is 2. The molecule has 0 bridgehead atoms. The van der Waals surface area contributed by atoms with Gasteiger partial charge in [0.15, 0.2) is 0 Å². The predicted molar refractivity (Wildman–Crippen MR) is 85.9 cm³/mol. The fraction of sp³-hybridized carbons (Fsp3) is 0.133. The fourth-order valence-electron chi connectivity index (χ4n) is 1.67. The molecule has 0 aliphatic heterocycles. The van der Waals surface area contributed by atoms with Crippen LogP contribution in [0.25, 0.3) is 0 Å². The first kappa shape index (κ1) is 15.8. The van der Waals surface area contributed by atoms with Gasteiger partial charge in [0.2, 0.25) is 5.91 Å². The van der Waals surface area contributed by atoms with Gasteiger partial charge in [0.05, 0.1) is 12.2 Å². The van der Waals surface area contributed by atoms with E-state index < -0.39 is 5.82 Å². The first-order chi connectivity index (χ1) is 10.0. The van der Waals surface area contributed by atoms with Gasteiger partial charge in [-0.2, -0.15) is 0 Å². The van der Waals surface area contributed by atoms with E-state index in [1.807, 2.05) is 12.1 Å². The number of nitrogens with one attached hydrogen (secondary N) is 2. The van der Waals surface area contributed by atoms with Crippen molar-refractivity contribution in [3.05, 3.63) is 63.3 Å². The van der Waals surface area contributed by atoms with Gasteiger partial charge in [-0.3, -0.25) is 4.79 Å². The van der Waals surface area contributed by atoms with Crippen LogP contribution in [0.5, 0.6) is 0 Å². The van der Waals surface area contributed by atoms with Crippen molar-refractivity contribution in [1.82, 2.24) is 5.32 Å². The summed E-state index contributed by atoms with van der Waals surface area (Å²) >= 11 is 8.96. The lowest BCUT2D eigenvalue weighted by molar-refractivity contribution is -0.119. The molecule has 0 atom stereocenters. The summed E-state index contributed by atoms with van der Waals surface area (Å²) in [7, 11) is 0. The van der Waals surface area contributed by atoms with Gasteiger partial charge in [-0.1, -0.05) is 39.7 Å². The molecule has 3 nitrogen and oxygen atoms in total. The summed E-state index contributed by atoms with van der Waals surface area (Å²) in [6, 6.07) is 11.8. The predicted octanol–water partition coefficient (Wildman–Crippen LogP) is 3.97. The van der Waals surface area contributed by atoms with Gasteiger partial charge in [-0.15, -0.1) is 0 Å². The zero-order chi connectivity index (χ0) is 15.2. The lowest BCUT2D eigenvalue weighted by Crippen LogP contribution is -2.29. The second kappa shape index (κ2) is 7.43. The third kappa shape index (κ3) is 5.02. The second-order valence-corrected chi connectivity index (χ2v) is 5.73. The summed E-state index contributed by atoms with van der Waals surface area (Å²) in [5, 5.41) is 6.15. The number of anilines is 1. The number of carbonyl (C=O) groups is 1. The maximum atomic E-state index is 13.6. The topological polar surface area (TPSA) is 41.1 Å². The van der Waals surface area contributed by atoms with Gasteiger partial charge in [-0.25, -0.2) is 4.39 Å². The van der Waals surface area contributed by atoms with Crippen LogP contribution in [-0.4, -0.2) is 12.5 Å². The van der Waals surface area contributed by atoms with E-state index in [1.54, 1.807) is 24.3 Å². The Bertz CT molecular complexity index is 634. The minimum absolute atomic E-state index is 0.00609. The van der Waals surface area contributed by atoms with Gasteiger partial charge in [0, 0.05) is 16.0 Å². The normalized spacial score (nSPS) is 10.2. The van der Waals surface area contributed by atoms with Gasteiger partial charge in [-0.05, 0) is 35.9 Å². The quantitative estimate of drug-likeness (QED) is 0.835. The molecule has 0 heterocycles. The molecule has 0 aliphatic rings. The molecule has 0 aliphatic carbocycles.